The first-order valence-electron chi connectivity index (χ1n) is 8.00. The molecular formula is C14H24N4O8. The third-order valence-corrected chi connectivity index (χ3v) is 3.82. The van der Waals surface area contributed by atoms with E-state index in [2.05, 4.69) is 5.32 Å². The molecule has 1 aliphatic rings. The second kappa shape index (κ2) is 10.7. The number of hydrogen-bond donors (Lipinski definition) is 5. The monoisotopic (exact) mass is 376 g/mol. The highest BCUT2D eigenvalue weighted by molar-refractivity contribution is 5.75. The Hall–Kier alpha value is -2.28. The molecule has 1 rings (SSSR count). The van der Waals surface area contributed by atoms with Gasteiger partial charge < -0.3 is 25.7 Å². The molecule has 1 unspecified atom stereocenters. The van der Waals surface area contributed by atoms with Crippen LogP contribution in [0.5, 0.6) is 0 Å². The fourth-order valence-corrected chi connectivity index (χ4v) is 2.80. The van der Waals surface area contributed by atoms with E-state index in [1.54, 1.807) is 4.90 Å². The zero-order valence-electron chi connectivity index (χ0n) is 14.2. The largest absolute Gasteiger partial charge is 0.480 e. The van der Waals surface area contributed by atoms with Gasteiger partial charge in [-0.2, -0.15) is 0 Å². The van der Waals surface area contributed by atoms with Crippen LogP contribution in [0.15, 0.2) is 0 Å². The third kappa shape index (κ3) is 7.74. The number of rotatable bonds is 12. The van der Waals surface area contributed by atoms with Crippen molar-refractivity contribution in [2.75, 3.05) is 58.9 Å². The Labute approximate surface area is 149 Å². The number of nitrogens with zero attached hydrogens (tertiary/aromatic N) is 3. The molecule has 0 spiro atoms. The van der Waals surface area contributed by atoms with Gasteiger partial charge >= 0.3 is 23.9 Å². The van der Waals surface area contributed by atoms with Gasteiger partial charge in [-0.3, -0.25) is 29.1 Å². The van der Waals surface area contributed by atoms with E-state index in [0.717, 1.165) is 4.90 Å². The van der Waals surface area contributed by atoms with Crippen LogP contribution in [0.1, 0.15) is 0 Å². The highest BCUT2D eigenvalue weighted by Gasteiger charge is 2.34. The molecular weight excluding hydrogens is 352 g/mol. The molecule has 0 aliphatic carbocycles. The van der Waals surface area contributed by atoms with Crippen LogP contribution in [-0.4, -0.2) is 124 Å². The lowest BCUT2D eigenvalue weighted by Gasteiger charge is -2.38. The third-order valence-electron chi connectivity index (χ3n) is 3.82. The van der Waals surface area contributed by atoms with Crippen LogP contribution in [-0.2, 0) is 19.2 Å². The van der Waals surface area contributed by atoms with E-state index < -0.39 is 49.7 Å². The molecule has 0 bridgehead atoms. The number of carbonyl (C=O) groups is 4. The van der Waals surface area contributed by atoms with Gasteiger partial charge in [0.1, 0.15) is 0 Å². The van der Waals surface area contributed by atoms with E-state index >= 15 is 0 Å². The summed E-state index contributed by atoms with van der Waals surface area (Å²) >= 11 is 0. The van der Waals surface area contributed by atoms with E-state index in [-0.39, 0.29) is 13.1 Å². The normalized spacial score (nSPS) is 16.5. The van der Waals surface area contributed by atoms with E-state index in [4.69, 9.17) is 15.3 Å². The van der Waals surface area contributed by atoms with Crippen LogP contribution in [0.4, 0.5) is 0 Å². The molecule has 0 aromatic carbocycles. The number of piperazine rings is 1. The second-order valence-electron chi connectivity index (χ2n) is 5.86. The lowest BCUT2D eigenvalue weighted by molar-refractivity contribution is -0.156. The summed E-state index contributed by atoms with van der Waals surface area (Å²) in [6.45, 7) is 0.118. The van der Waals surface area contributed by atoms with Gasteiger partial charge in [-0.25, -0.2) is 4.79 Å². The summed E-state index contributed by atoms with van der Waals surface area (Å²) in [7, 11) is 0. The summed E-state index contributed by atoms with van der Waals surface area (Å²) < 4.78 is 0. The average Bonchev–Trinajstić information content (AvgIpc) is 2.51. The van der Waals surface area contributed by atoms with Crippen molar-refractivity contribution in [1.29, 1.82) is 0 Å². The van der Waals surface area contributed by atoms with E-state index in [9.17, 15) is 24.3 Å². The first-order valence-corrected chi connectivity index (χ1v) is 8.00. The van der Waals surface area contributed by atoms with Gasteiger partial charge in [-0.15, -0.1) is 0 Å². The standard InChI is InChI=1S/C14H24N4O8/c19-10(20)7-16(8-11(21)22)5-6-18(9-12(23)24)13(14(25)26)17-3-1-15-2-4-17/h13,15H,1-9H2,(H,19,20)(H,21,22)(H,23,24)(H,25,26). The predicted molar refractivity (Wildman–Crippen MR) is 86.8 cm³/mol. The molecule has 148 valence electrons. The summed E-state index contributed by atoms with van der Waals surface area (Å²) in [5.74, 6) is -4.90. The Kier molecular flexibility index (Phi) is 8.92. The number of carboxylic acids is 4. The van der Waals surface area contributed by atoms with Gasteiger partial charge in [-0.1, -0.05) is 0 Å². The molecule has 12 heteroatoms. The topological polar surface area (TPSA) is 171 Å². The van der Waals surface area contributed by atoms with E-state index in [0.29, 0.717) is 26.2 Å². The Morgan fingerprint density at radius 3 is 1.77 bits per heavy atom. The SMILES string of the molecule is O=C(O)CN(CCN(CC(=O)O)C(C(=O)O)N1CCNCC1)CC(=O)O. The van der Waals surface area contributed by atoms with Gasteiger partial charge in [0, 0.05) is 39.3 Å². The van der Waals surface area contributed by atoms with Crippen LogP contribution < -0.4 is 5.32 Å². The molecule has 26 heavy (non-hydrogen) atoms. The minimum atomic E-state index is -1.23. The highest BCUT2D eigenvalue weighted by atomic mass is 16.4. The van der Waals surface area contributed by atoms with Gasteiger partial charge in [0.15, 0.2) is 6.17 Å². The highest BCUT2D eigenvalue weighted by Crippen LogP contribution is 2.09. The van der Waals surface area contributed by atoms with Crippen molar-refractivity contribution in [2.45, 2.75) is 6.17 Å². The Balaban J connectivity index is 2.87. The fraction of sp³-hybridized carbons (Fsp3) is 0.714. The molecule has 1 atom stereocenters. The van der Waals surface area contributed by atoms with Crippen molar-refractivity contribution in [3.63, 3.8) is 0 Å². The second-order valence-corrected chi connectivity index (χ2v) is 5.86. The Bertz CT molecular complexity index is 507. The van der Waals surface area contributed by atoms with Crippen molar-refractivity contribution < 1.29 is 39.6 Å². The number of hydrogen-bond acceptors (Lipinski definition) is 8. The summed E-state index contributed by atoms with van der Waals surface area (Å²) in [5.41, 5.74) is 0. The summed E-state index contributed by atoms with van der Waals surface area (Å²) in [6.07, 6.45) is -1.19. The van der Waals surface area contributed by atoms with Gasteiger partial charge in [0.2, 0.25) is 0 Å². The summed E-state index contributed by atoms with van der Waals surface area (Å²) in [4.78, 5) is 48.5. The van der Waals surface area contributed by atoms with Crippen molar-refractivity contribution in [2.24, 2.45) is 0 Å². The predicted octanol–water partition coefficient (Wildman–Crippen LogP) is -2.84. The smallest absolute Gasteiger partial charge is 0.336 e. The van der Waals surface area contributed by atoms with E-state index in [1.807, 2.05) is 0 Å². The zero-order chi connectivity index (χ0) is 19.7. The average molecular weight is 376 g/mol. The first kappa shape index (κ1) is 21.8. The molecule has 1 saturated heterocycles. The maximum atomic E-state index is 11.7. The van der Waals surface area contributed by atoms with Crippen LogP contribution in [0.2, 0.25) is 0 Å². The maximum Gasteiger partial charge on any atom is 0.336 e. The molecule has 5 N–H and O–H groups in total. The molecule has 1 heterocycles. The molecule has 1 aliphatic heterocycles. The van der Waals surface area contributed by atoms with Crippen molar-refractivity contribution >= 4 is 23.9 Å². The molecule has 0 amide bonds. The Morgan fingerprint density at radius 1 is 0.846 bits per heavy atom. The van der Waals surface area contributed by atoms with Crippen molar-refractivity contribution in [3.8, 4) is 0 Å². The molecule has 0 aromatic rings. The van der Waals surface area contributed by atoms with Crippen molar-refractivity contribution in [1.82, 2.24) is 20.0 Å². The lowest BCUT2D eigenvalue weighted by Crippen LogP contribution is -2.60. The summed E-state index contributed by atoms with van der Waals surface area (Å²) in [5, 5.41) is 39.5. The number of carboxylic acid groups (broad SMARTS) is 4. The fourth-order valence-electron chi connectivity index (χ4n) is 2.80. The zero-order valence-corrected chi connectivity index (χ0v) is 14.2. The van der Waals surface area contributed by atoms with Gasteiger partial charge in [0.05, 0.1) is 19.6 Å². The van der Waals surface area contributed by atoms with Crippen LogP contribution in [0.25, 0.3) is 0 Å². The summed E-state index contributed by atoms with van der Waals surface area (Å²) in [6, 6.07) is 0. The van der Waals surface area contributed by atoms with Crippen LogP contribution >= 0.6 is 0 Å². The van der Waals surface area contributed by atoms with Crippen LogP contribution in [0.3, 0.4) is 0 Å². The minimum absolute atomic E-state index is 0.0955. The molecule has 0 saturated carbocycles. The van der Waals surface area contributed by atoms with E-state index in [1.165, 1.54) is 4.90 Å². The quantitative estimate of drug-likeness (QED) is 0.237. The molecule has 0 radical (unpaired) electrons. The van der Waals surface area contributed by atoms with Crippen LogP contribution in [0, 0.1) is 0 Å². The maximum absolute atomic E-state index is 11.7. The number of aliphatic carboxylic acids is 4. The molecule has 1 fully saturated rings. The molecule has 0 aromatic heterocycles. The van der Waals surface area contributed by atoms with Crippen molar-refractivity contribution in [3.05, 3.63) is 0 Å². The number of nitrogens with one attached hydrogen (secondary N) is 1. The minimum Gasteiger partial charge on any atom is -0.480 e. The molecule has 12 nitrogen and oxygen atoms in total. The lowest BCUT2D eigenvalue weighted by atomic mass is 10.2. The first-order chi connectivity index (χ1) is 12.2. The van der Waals surface area contributed by atoms with Gasteiger partial charge in [-0.05, 0) is 0 Å². The Morgan fingerprint density at radius 2 is 1.35 bits per heavy atom. The van der Waals surface area contributed by atoms with Gasteiger partial charge in [0.25, 0.3) is 0 Å².